The summed E-state index contributed by atoms with van der Waals surface area (Å²) in [6.45, 7) is 2.95. The predicted molar refractivity (Wildman–Crippen MR) is 74.8 cm³/mol. The van der Waals surface area contributed by atoms with Gasteiger partial charge in [0.25, 0.3) is 4.96 Å². The lowest BCUT2D eigenvalue weighted by Crippen LogP contribution is -2.36. The van der Waals surface area contributed by atoms with E-state index in [2.05, 4.69) is 17.2 Å². The molecule has 0 unspecified atom stereocenters. The molecule has 2 aromatic rings. The van der Waals surface area contributed by atoms with E-state index in [1.165, 1.54) is 35.0 Å². The van der Waals surface area contributed by atoms with Gasteiger partial charge >= 0.3 is 5.82 Å². The van der Waals surface area contributed by atoms with Crippen molar-refractivity contribution in [1.82, 2.24) is 9.38 Å². The average Bonchev–Trinajstić information content (AvgIpc) is 2.87. The van der Waals surface area contributed by atoms with E-state index in [-0.39, 0.29) is 10.7 Å². The highest BCUT2D eigenvalue weighted by atomic mass is 32.1. The molecule has 3 rings (SSSR count). The Labute approximate surface area is 114 Å². The van der Waals surface area contributed by atoms with Gasteiger partial charge in [-0.05, 0) is 29.6 Å². The first-order valence-electron chi connectivity index (χ1n) is 6.49. The fourth-order valence-corrected chi connectivity index (χ4v) is 3.38. The van der Waals surface area contributed by atoms with E-state index in [1.54, 1.807) is 11.6 Å². The molecule has 7 heteroatoms. The van der Waals surface area contributed by atoms with Gasteiger partial charge < -0.3 is 15.4 Å². The van der Waals surface area contributed by atoms with E-state index in [4.69, 9.17) is 0 Å². The average molecular weight is 280 g/mol. The Morgan fingerprint density at radius 3 is 3.00 bits per heavy atom. The molecule has 0 atom stereocenters. The molecule has 1 aliphatic rings. The molecular formula is C12H16N4O2S. The molecule has 0 spiro atoms. The molecule has 0 amide bonds. The van der Waals surface area contributed by atoms with Crippen LogP contribution in [0.1, 0.15) is 32.6 Å². The molecule has 2 heterocycles. The summed E-state index contributed by atoms with van der Waals surface area (Å²) in [7, 11) is 0. The van der Waals surface area contributed by atoms with Gasteiger partial charge in [0.1, 0.15) is 6.20 Å². The molecule has 0 bridgehead atoms. The molecule has 0 saturated heterocycles. The minimum atomic E-state index is -0.367. The Morgan fingerprint density at radius 2 is 2.42 bits per heavy atom. The van der Waals surface area contributed by atoms with Crippen LogP contribution in [0, 0.1) is 15.5 Å². The number of fused-ring (bicyclic) bond motifs is 1. The minimum absolute atomic E-state index is 0.0434. The SMILES string of the molecule is CCC1(CNc2nc3sccn3c2[N+](=O)[O-])CCC1. The largest absolute Gasteiger partial charge is 0.372 e. The van der Waals surface area contributed by atoms with Crippen LogP contribution in [0.4, 0.5) is 11.6 Å². The topological polar surface area (TPSA) is 72.5 Å². The Balaban J connectivity index is 1.86. The normalized spacial score (nSPS) is 17.3. The smallest absolute Gasteiger partial charge is 0.362 e. The molecule has 1 N–H and O–H groups in total. The van der Waals surface area contributed by atoms with Crippen LogP contribution in [0.2, 0.25) is 0 Å². The van der Waals surface area contributed by atoms with Crippen LogP contribution in [0.25, 0.3) is 4.96 Å². The third kappa shape index (κ3) is 1.98. The van der Waals surface area contributed by atoms with Crippen LogP contribution in [0.5, 0.6) is 0 Å². The summed E-state index contributed by atoms with van der Waals surface area (Å²) in [4.78, 5) is 15.8. The Hall–Kier alpha value is -1.63. The fraction of sp³-hybridized carbons (Fsp3) is 0.583. The second kappa shape index (κ2) is 4.48. The number of aromatic nitrogens is 2. The van der Waals surface area contributed by atoms with Gasteiger partial charge in [0.2, 0.25) is 5.82 Å². The monoisotopic (exact) mass is 280 g/mol. The van der Waals surface area contributed by atoms with E-state index in [9.17, 15) is 10.1 Å². The van der Waals surface area contributed by atoms with Gasteiger partial charge in [-0.25, -0.2) is 0 Å². The lowest BCUT2D eigenvalue weighted by Gasteiger charge is -2.41. The lowest BCUT2D eigenvalue weighted by atomic mass is 9.67. The number of nitrogens with zero attached hydrogens (tertiary/aromatic N) is 3. The van der Waals surface area contributed by atoms with Gasteiger partial charge in [0.05, 0.1) is 0 Å². The van der Waals surface area contributed by atoms with Crippen molar-refractivity contribution in [3.05, 3.63) is 21.7 Å². The zero-order valence-corrected chi connectivity index (χ0v) is 11.6. The highest BCUT2D eigenvalue weighted by molar-refractivity contribution is 7.15. The van der Waals surface area contributed by atoms with Crippen LogP contribution in [-0.4, -0.2) is 20.9 Å². The molecule has 102 valence electrons. The summed E-state index contributed by atoms with van der Waals surface area (Å²) in [6, 6.07) is 0. The third-order valence-electron chi connectivity index (χ3n) is 4.20. The number of hydrogen-bond acceptors (Lipinski definition) is 5. The lowest BCUT2D eigenvalue weighted by molar-refractivity contribution is -0.389. The molecular weight excluding hydrogens is 264 g/mol. The van der Waals surface area contributed by atoms with Gasteiger partial charge in [0.15, 0.2) is 0 Å². The van der Waals surface area contributed by atoms with Crippen molar-refractivity contribution in [2.24, 2.45) is 5.41 Å². The van der Waals surface area contributed by atoms with Gasteiger partial charge in [-0.15, -0.1) is 0 Å². The maximum Gasteiger partial charge on any atom is 0.372 e. The quantitative estimate of drug-likeness (QED) is 0.673. The highest BCUT2D eigenvalue weighted by Gasteiger charge is 2.36. The molecule has 0 aromatic carbocycles. The van der Waals surface area contributed by atoms with E-state index < -0.39 is 0 Å². The van der Waals surface area contributed by atoms with Crippen LogP contribution in [-0.2, 0) is 0 Å². The Bertz CT molecular complexity index is 609. The third-order valence-corrected chi connectivity index (χ3v) is 4.96. The number of nitro groups is 1. The number of hydrogen-bond donors (Lipinski definition) is 1. The maximum absolute atomic E-state index is 11.2. The second-order valence-corrected chi connectivity index (χ2v) is 6.03. The Kier molecular flexibility index (Phi) is 2.93. The summed E-state index contributed by atoms with van der Waals surface area (Å²) >= 11 is 1.41. The van der Waals surface area contributed by atoms with Crippen molar-refractivity contribution in [2.75, 3.05) is 11.9 Å². The number of anilines is 1. The van der Waals surface area contributed by atoms with Crippen LogP contribution >= 0.6 is 11.3 Å². The summed E-state index contributed by atoms with van der Waals surface area (Å²) in [5, 5.41) is 16.2. The highest BCUT2D eigenvalue weighted by Crippen LogP contribution is 2.44. The Morgan fingerprint density at radius 1 is 1.63 bits per heavy atom. The second-order valence-electron chi connectivity index (χ2n) is 5.16. The summed E-state index contributed by atoms with van der Waals surface area (Å²) in [5.74, 6) is 0.443. The van der Waals surface area contributed by atoms with Crippen molar-refractivity contribution >= 4 is 27.9 Å². The van der Waals surface area contributed by atoms with Gasteiger partial charge in [0, 0.05) is 11.9 Å². The minimum Gasteiger partial charge on any atom is -0.362 e. The van der Waals surface area contributed by atoms with Crippen LogP contribution in [0.15, 0.2) is 11.6 Å². The summed E-state index contributed by atoms with van der Waals surface area (Å²) < 4.78 is 1.53. The van der Waals surface area contributed by atoms with E-state index in [1.807, 2.05) is 0 Å². The van der Waals surface area contributed by atoms with Crippen LogP contribution in [0.3, 0.4) is 0 Å². The molecule has 19 heavy (non-hydrogen) atoms. The van der Waals surface area contributed by atoms with Crippen molar-refractivity contribution in [1.29, 1.82) is 0 Å². The molecule has 0 aliphatic heterocycles. The fourth-order valence-electron chi connectivity index (χ4n) is 2.67. The molecule has 1 saturated carbocycles. The van der Waals surface area contributed by atoms with Crippen LogP contribution < -0.4 is 5.32 Å². The zero-order valence-electron chi connectivity index (χ0n) is 10.8. The van der Waals surface area contributed by atoms with Crippen molar-refractivity contribution in [3.63, 3.8) is 0 Å². The van der Waals surface area contributed by atoms with Crippen molar-refractivity contribution in [3.8, 4) is 0 Å². The number of imidazole rings is 1. The number of thiazole rings is 1. The van der Waals surface area contributed by atoms with Gasteiger partial charge in [-0.1, -0.05) is 24.7 Å². The molecule has 0 radical (unpaired) electrons. The molecule has 6 nitrogen and oxygen atoms in total. The molecule has 2 aromatic heterocycles. The van der Waals surface area contributed by atoms with Gasteiger partial charge in [-0.2, -0.15) is 9.38 Å². The van der Waals surface area contributed by atoms with E-state index in [0.29, 0.717) is 16.2 Å². The first kappa shape index (κ1) is 12.4. The molecule has 1 fully saturated rings. The number of nitrogens with one attached hydrogen (secondary N) is 1. The van der Waals surface area contributed by atoms with E-state index >= 15 is 0 Å². The summed E-state index contributed by atoms with van der Waals surface area (Å²) in [5.41, 5.74) is 0.310. The first-order chi connectivity index (χ1) is 9.15. The van der Waals surface area contributed by atoms with Crippen molar-refractivity contribution in [2.45, 2.75) is 32.6 Å². The zero-order chi connectivity index (χ0) is 13.5. The van der Waals surface area contributed by atoms with Gasteiger partial charge in [-0.3, -0.25) is 0 Å². The standard InChI is InChI=1S/C12H16N4O2S/c1-2-12(4-3-5-12)8-13-9-10(16(17)18)15-6-7-19-11(15)14-9/h6-7,13H,2-5,8H2,1H3. The maximum atomic E-state index is 11.2. The molecule has 1 aliphatic carbocycles. The summed E-state index contributed by atoms with van der Waals surface area (Å²) in [6.07, 6.45) is 6.46. The number of rotatable bonds is 5. The van der Waals surface area contributed by atoms with E-state index in [0.717, 1.165) is 13.0 Å². The predicted octanol–water partition coefficient (Wildman–Crippen LogP) is 3.30. The first-order valence-corrected chi connectivity index (χ1v) is 7.37. The van der Waals surface area contributed by atoms with Crippen molar-refractivity contribution < 1.29 is 4.92 Å².